The molecule has 1 saturated carbocycles. The predicted molar refractivity (Wildman–Crippen MR) is 96.9 cm³/mol. The third-order valence-electron chi connectivity index (χ3n) is 4.47. The molecular formula is C19H23N3O3. The number of benzene rings is 1. The second-order valence-corrected chi connectivity index (χ2v) is 6.17. The zero-order valence-electron chi connectivity index (χ0n) is 14.7. The van der Waals surface area contributed by atoms with E-state index in [0.717, 1.165) is 11.4 Å². The quantitative estimate of drug-likeness (QED) is 0.783. The summed E-state index contributed by atoms with van der Waals surface area (Å²) < 4.78 is 12.4. The van der Waals surface area contributed by atoms with Crippen LogP contribution in [0.1, 0.15) is 31.4 Å². The van der Waals surface area contributed by atoms with Crippen molar-refractivity contribution in [1.82, 2.24) is 9.78 Å². The molecule has 132 valence electrons. The van der Waals surface area contributed by atoms with Crippen molar-refractivity contribution >= 4 is 17.8 Å². The van der Waals surface area contributed by atoms with Crippen LogP contribution in [0.2, 0.25) is 0 Å². The maximum Gasteiger partial charge on any atom is 0.249 e. The van der Waals surface area contributed by atoms with Crippen LogP contribution in [-0.4, -0.2) is 29.9 Å². The van der Waals surface area contributed by atoms with Crippen molar-refractivity contribution in [3.63, 3.8) is 0 Å². The molecule has 0 aliphatic heterocycles. The van der Waals surface area contributed by atoms with Gasteiger partial charge in [-0.3, -0.25) is 4.79 Å². The number of aromatic nitrogens is 2. The summed E-state index contributed by atoms with van der Waals surface area (Å²) in [4.78, 5) is 12.3. The molecule has 25 heavy (non-hydrogen) atoms. The van der Waals surface area contributed by atoms with Crippen molar-refractivity contribution in [1.29, 1.82) is 0 Å². The highest BCUT2D eigenvalue weighted by molar-refractivity contribution is 6.01. The standard InChI is InChI=1S/C19H23N3O3/c1-13(14-4-5-14)22-18(10-11-20-22)21-19(23)9-7-15-6-8-16(24-2)12-17(15)25-3/h6-14H,4-5H2,1-3H3,(H,21,23)/b9-7+. The number of rotatable bonds is 7. The van der Waals surface area contributed by atoms with Crippen molar-refractivity contribution in [2.24, 2.45) is 5.92 Å². The fourth-order valence-electron chi connectivity index (χ4n) is 2.81. The smallest absolute Gasteiger partial charge is 0.249 e. The Morgan fingerprint density at radius 3 is 2.80 bits per heavy atom. The van der Waals surface area contributed by atoms with Gasteiger partial charge in [-0.2, -0.15) is 5.10 Å². The summed E-state index contributed by atoms with van der Waals surface area (Å²) in [6.07, 6.45) is 7.38. The van der Waals surface area contributed by atoms with Crippen LogP contribution in [0.25, 0.3) is 6.08 Å². The minimum atomic E-state index is -0.206. The second-order valence-electron chi connectivity index (χ2n) is 6.17. The van der Waals surface area contributed by atoms with Crippen LogP contribution in [0.4, 0.5) is 5.82 Å². The van der Waals surface area contributed by atoms with Gasteiger partial charge in [-0.1, -0.05) is 0 Å². The summed E-state index contributed by atoms with van der Waals surface area (Å²) in [5.41, 5.74) is 0.804. The second kappa shape index (κ2) is 7.42. The summed E-state index contributed by atoms with van der Waals surface area (Å²) in [5, 5.41) is 7.23. The zero-order valence-corrected chi connectivity index (χ0v) is 14.7. The SMILES string of the molecule is COc1ccc(/C=C/C(=O)Nc2ccnn2C(C)C2CC2)c(OC)c1. The molecule has 1 N–H and O–H groups in total. The van der Waals surface area contributed by atoms with Crippen molar-refractivity contribution in [3.8, 4) is 11.5 Å². The first kappa shape index (κ1) is 17.1. The van der Waals surface area contributed by atoms with Crippen LogP contribution in [-0.2, 0) is 4.79 Å². The van der Waals surface area contributed by atoms with E-state index in [9.17, 15) is 4.79 Å². The molecule has 1 aromatic heterocycles. The Kier molecular flexibility index (Phi) is 5.07. The summed E-state index contributed by atoms with van der Waals surface area (Å²) >= 11 is 0. The summed E-state index contributed by atoms with van der Waals surface area (Å²) in [6.45, 7) is 2.14. The third-order valence-corrected chi connectivity index (χ3v) is 4.47. The molecule has 2 aromatic rings. The predicted octanol–water partition coefficient (Wildman–Crippen LogP) is 3.52. The highest BCUT2D eigenvalue weighted by Crippen LogP contribution is 2.40. The van der Waals surface area contributed by atoms with E-state index in [-0.39, 0.29) is 5.91 Å². The first-order valence-electron chi connectivity index (χ1n) is 8.37. The van der Waals surface area contributed by atoms with Gasteiger partial charge in [0.2, 0.25) is 5.91 Å². The van der Waals surface area contributed by atoms with E-state index in [2.05, 4.69) is 17.3 Å². The fourth-order valence-corrected chi connectivity index (χ4v) is 2.81. The lowest BCUT2D eigenvalue weighted by Crippen LogP contribution is -2.16. The minimum Gasteiger partial charge on any atom is -0.497 e. The van der Waals surface area contributed by atoms with Crippen LogP contribution >= 0.6 is 0 Å². The van der Waals surface area contributed by atoms with Crippen LogP contribution in [0.15, 0.2) is 36.5 Å². The van der Waals surface area contributed by atoms with Gasteiger partial charge < -0.3 is 14.8 Å². The van der Waals surface area contributed by atoms with E-state index in [1.807, 2.05) is 22.9 Å². The average molecular weight is 341 g/mol. The number of hydrogen-bond donors (Lipinski definition) is 1. The molecule has 1 amide bonds. The number of ether oxygens (including phenoxy) is 2. The van der Waals surface area contributed by atoms with E-state index >= 15 is 0 Å². The molecule has 0 saturated heterocycles. The Morgan fingerprint density at radius 2 is 2.12 bits per heavy atom. The first-order valence-corrected chi connectivity index (χ1v) is 8.37. The lowest BCUT2D eigenvalue weighted by atomic mass is 10.1. The van der Waals surface area contributed by atoms with E-state index in [4.69, 9.17) is 9.47 Å². The number of nitrogens with one attached hydrogen (secondary N) is 1. The molecule has 1 atom stereocenters. The normalized spacial score (nSPS) is 15.2. The molecule has 0 spiro atoms. The molecular weight excluding hydrogens is 318 g/mol. The molecule has 1 unspecified atom stereocenters. The van der Waals surface area contributed by atoms with E-state index < -0.39 is 0 Å². The zero-order chi connectivity index (χ0) is 17.8. The minimum absolute atomic E-state index is 0.206. The van der Waals surface area contributed by atoms with Crippen LogP contribution < -0.4 is 14.8 Å². The Hall–Kier alpha value is -2.76. The number of carbonyl (C=O) groups excluding carboxylic acids is 1. The lowest BCUT2D eigenvalue weighted by molar-refractivity contribution is -0.111. The number of anilines is 1. The van der Waals surface area contributed by atoms with Gasteiger partial charge >= 0.3 is 0 Å². The first-order chi connectivity index (χ1) is 12.1. The van der Waals surface area contributed by atoms with Gasteiger partial charge in [0.05, 0.1) is 26.5 Å². The maximum absolute atomic E-state index is 12.3. The molecule has 1 aromatic carbocycles. The van der Waals surface area contributed by atoms with Crippen LogP contribution in [0.3, 0.4) is 0 Å². The largest absolute Gasteiger partial charge is 0.497 e. The molecule has 1 aliphatic rings. The van der Waals surface area contributed by atoms with E-state index in [0.29, 0.717) is 23.5 Å². The number of carbonyl (C=O) groups is 1. The number of methoxy groups -OCH3 is 2. The van der Waals surface area contributed by atoms with E-state index in [1.54, 1.807) is 32.6 Å². The highest BCUT2D eigenvalue weighted by atomic mass is 16.5. The molecule has 0 bridgehead atoms. The topological polar surface area (TPSA) is 65.4 Å². The summed E-state index contributed by atoms with van der Waals surface area (Å²) in [7, 11) is 3.19. The number of nitrogens with zero attached hydrogens (tertiary/aromatic N) is 2. The Bertz CT molecular complexity index is 778. The van der Waals surface area contributed by atoms with Crippen LogP contribution in [0, 0.1) is 5.92 Å². The lowest BCUT2D eigenvalue weighted by Gasteiger charge is -2.14. The van der Waals surface area contributed by atoms with Crippen molar-refractivity contribution in [2.75, 3.05) is 19.5 Å². The molecule has 1 aliphatic carbocycles. The van der Waals surface area contributed by atoms with Gasteiger partial charge in [-0.05, 0) is 43.9 Å². The van der Waals surface area contributed by atoms with Crippen molar-refractivity contribution in [2.45, 2.75) is 25.8 Å². The molecule has 0 radical (unpaired) electrons. The summed E-state index contributed by atoms with van der Waals surface area (Å²) in [6, 6.07) is 7.58. The number of hydrogen-bond acceptors (Lipinski definition) is 4. The Balaban J connectivity index is 1.69. The van der Waals surface area contributed by atoms with Gasteiger partial charge in [0.1, 0.15) is 17.3 Å². The molecule has 6 nitrogen and oxygen atoms in total. The van der Waals surface area contributed by atoms with Gasteiger partial charge in [0.15, 0.2) is 0 Å². The van der Waals surface area contributed by atoms with Gasteiger partial charge in [0, 0.05) is 23.8 Å². The maximum atomic E-state index is 12.3. The summed E-state index contributed by atoms with van der Waals surface area (Å²) in [5.74, 6) is 2.53. The molecule has 3 rings (SSSR count). The van der Waals surface area contributed by atoms with E-state index in [1.165, 1.54) is 18.9 Å². The fraction of sp³-hybridized carbons (Fsp3) is 0.368. The number of amides is 1. The van der Waals surface area contributed by atoms with Crippen molar-refractivity contribution in [3.05, 3.63) is 42.1 Å². The third kappa shape index (κ3) is 4.02. The van der Waals surface area contributed by atoms with Gasteiger partial charge in [-0.25, -0.2) is 4.68 Å². The molecule has 1 heterocycles. The Labute approximate surface area is 147 Å². The molecule has 1 fully saturated rings. The van der Waals surface area contributed by atoms with Gasteiger partial charge in [-0.15, -0.1) is 0 Å². The Morgan fingerprint density at radius 1 is 1.32 bits per heavy atom. The molecule has 6 heteroatoms. The monoisotopic (exact) mass is 341 g/mol. The van der Waals surface area contributed by atoms with Gasteiger partial charge in [0.25, 0.3) is 0 Å². The average Bonchev–Trinajstić information content (AvgIpc) is 3.39. The van der Waals surface area contributed by atoms with Crippen molar-refractivity contribution < 1.29 is 14.3 Å². The highest BCUT2D eigenvalue weighted by Gasteiger charge is 2.30. The van der Waals surface area contributed by atoms with Crippen LogP contribution in [0.5, 0.6) is 11.5 Å².